The maximum absolute atomic E-state index is 12.8. The van der Waals surface area contributed by atoms with Gasteiger partial charge in [-0.25, -0.2) is 17.2 Å². The highest BCUT2D eigenvalue weighted by Crippen LogP contribution is 2.44. The van der Waals surface area contributed by atoms with E-state index in [4.69, 9.17) is 4.74 Å². The number of rotatable bonds is 4. The number of aryl methyl sites for hydroxylation is 1. The van der Waals surface area contributed by atoms with Crippen molar-refractivity contribution in [3.8, 4) is 0 Å². The third-order valence-electron chi connectivity index (χ3n) is 5.71. The van der Waals surface area contributed by atoms with Crippen molar-refractivity contribution in [2.24, 2.45) is 5.41 Å². The highest BCUT2D eigenvalue weighted by Gasteiger charge is 2.56. The molecule has 6 nitrogen and oxygen atoms in total. The summed E-state index contributed by atoms with van der Waals surface area (Å²) in [4.78, 5) is 6.20. The molecule has 4 heterocycles. The molecule has 1 spiro atoms. The molecule has 0 bridgehead atoms. The van der Waals surface area contributed by atoms with Gasteiger partial charge in [-0.15, -0.1) is 0 Å². The van der Waals surface area contributed by atoms with E-state index in [-0.39, 0.29) is 16.0 Å². The van der Waals surface area contributed by atoms with Gasteiger partial charge in [0.15, 0.2) is 0 Å². The number of pyridine rings is 1. The minimum absolute atomic E-state index is 0.0253. The van der Waals surface area contributed by atoms with Crippen molar-refractivity contribution in [2.45, 2.75) is 37.1 Å². The Balaban J connectivity index is 1.39. The molecule has 1 aromatic rings. The Kier molecular flexibility index (Phi) is 4.53. The van der Waals surface area contributed by atoms with Crippen molar-refractivity contribution in [1.82, 2.24) is 14.2 Å². The second kappa shape index (κ2) is 6.47. The van der Waals surface area contributed by atoms with Crippen molar-refractivity contribution in [3.63, 3.8) is 0 Å². The molecule has 0 N–H and O–H groups in total. The summed E-state index contributed by atoms with van der Waals surface area (Å²) in [6.07, 6.45) is -0.623. The van der Waals surface area contributed by atoms with Gasteiger partial charge in [0.05, 0.1) is 5.69 Å². The quantitative estimate of drug-likeness (QED) is 0.789. The summed E-state index contributed by atoms with van der Waals surface area (Å²) in [5.41, 5.74) is -0.218. The van der Waals surface area contributed by atoms with E-state index in [1.807, 2.05) is 0 Å². The number of halogens is 2. The van der Waals surface area contributed by atoms with Crippen LogP contribution < -0.4 is 0 Å². The lowest BCUT2D eigenvalue weighted by Crippen LogP contribution is -2.74. The van der Waals surface area contributed by atoms with Crippen LogP contribution in [0.1, 0.15) is 30.7 Å². The van der Waals surface area contributed by atoms with Gasteiger partial charge in [-0.05, 0) is 31.9 Å². The van der Waals surface area contributed by atoms with Crippen LogP contribution in [0.2, 0.25) is 0 Å². The largest absolute Gasteiger partial charge is 0.381 e. The van der Waals surface area contributed by atoms with Gasteiger partial charge >= 0.3 is 0 Å². The third kappa shape index (κ3) is 3.04. The molecule has 0 radical (unpaired) electrons. The number of nitrogens with zero attached hydrogens (tertiary/aromatic N) is 3. The zero-order valence-corrected chi connectivity index (χ0v) is 15.5. The van der Waals surface area contributed by atoms with Crippen LogP contribution in [0.25, 0.3) is 0 Å². The topological polar surface area (TPSA) is 62.7 Å². The summed E-state index contributed by atoms with van der Waals surface area (Å²) in [5.74, 6) is 0. The van der Waals surface area contributed by atoms with Crippen LogP contribution in [0.5, 0.6) is 0 Å². The summed E-state index contributed by atoms with van der Waals surface area (Å²) in [5, 5.41) is 0. The smallest absolute Gasteiger partial charge is 0.280 e. The first kappa shape index (κ1) is 18.2. The minimum atomic E-state index is -3.68. The van der Waals surface area contributed by atoms with Crippen LogP contribution in [-0.2, 0) is 14.8 Å². The molecule has 3 aliphatic heterocycles. The molecule has 0 aromatic carbocycles. The normalized spacial score (nSPS) is 24.6. The van der Waals surface area contributed by atoms with Gasteiger partial charge in [-0.3, -0.25) is 9.88 Å². The Morgan fingerprint density at radius 3 is 2.42 bits per heavy atom. The van der Waals surface area contributed by atoms with Crippen molar-refractivity contribution >= 4 is 10.0 Å². The third-order valence-corrected chi connectivity index (χ3v) is 7.63. The van der Waals surface area contributed by atoms with E-state index in [9.17, 15) is 17.2 Å². The Hall–Kier alpha value is -1.16. The van der Waals surface area contributed by atoms with Gasteiger partial charge in [0.25, 0.3) is 6.43 Å². The van der Waals surface area contributed by atoms with Gasteiger partial charge in [0.1, 0.15) is 10.6 Å². The van der Waals surface area contributed by atoms with E-state index in [0.29, 0.717) is 19.1 Å². The highest BCUT2D eigenvalue weighted by molar-refractivity contribution is 7.89. The van der Waals surface area contributed by atoms with Gasteiger partial charge < -0.3 is 4.74 Å². The SMILES string of the molecule is Cc1nc(C(F)F)ccc1S(=O)(=O)N1CC2(CN(C3CCOCC3)C2)C1. The Morgan fingerprint density at radius 2 is 1.85 bits per heavy atom. The molecule has 26 heavy (non-hydrogen) atoms. The predicted molar refractivity (Wildman–Crippen MR) is 90.5 cm³/mol. The molecule has 3 saturated heterocycles. The standard InChI is InChI=1S/C17H23F2N3O3S/c1-12-15(3-2-14(20-12)16(18)19)26(23,24)22-10-17(11-22)8-21(9-17)13-4-6-25-7-5-13/h2-3,13,16H,4-11H2,1H3. The monoisotopic (exact) mass is 387 g/mol. The molecule has 9 heteroatoms. The van der Waals surface area contributed by atoms with E-state index in [0.717, 1.165) is 45.2 Å². The van der Waals surface area contributed by atoms with E-state index >= 15 is 0 Å². The fourth-order valence-electron chi connectivity index (χ4n) is 4.30. The molecule has 0 amide bonds. The number of sulfonamides is 1. The summed E-state index contributed by atoms with van der Waals surface area (Å²) < 4.78 is 57.9. The van der Waals surface area contributed by atoms with Crippen molar-refractivity contribution in [1.29, 1.82) is 0 Å². The first-order valence-electron chi connectivity index (χ1n) is 8.88. The summed E-state index contributed by atoms with van der Waals surface area (Å²) in [7, 11) is -3.68. The number of likely N-dealkylation sites (tertiary alicyclic amines) is 1. The molecule has 3 fully saturated rings. The molecule has 3 aliphatic rings. The first-order chi connectivity index (χ1) is 12.3. The fraction of sp³-hybridized carbons (Fsp3) is 0.706. The maximum atomic E-state index is 12.8. The molecule has 4 rings (SSSR count). The Labute approximate surface area is 152 Å². The Bertz CT molecular complexity index is 782. The van der Waals surface area contributed by atoms with E-state index in [1.54, 1.807) is 0 Å². The van der Waals surface area contributed by atoms with Crippen LogP contribution in [0.3, 0.4) is 0 Å². The van der Waals surface area contributed by atoms with Crippen LogP contribution in [0, 0.1) is 12.3 Å². The molecule has 0 unspecified atom stereocenters. The van der Waals surface area contributed by atoms with Gasteiger partial charge in [0.2, 0.25) is 10.0 Å². The number of aromatic nitrogens is 1. The number of ether oxygens (including phenoxy) is 1. The van der Waals surface area contributed by atoms with E-state index in [1.165, 1.54) is 17.3 Å². The summed E-state index contributed by atoms with van der Waals surface area (Å²) >= 11 is 0. The molecule has 0 aliphatic carbocycles. The van der Waals surface area contributed by atoms with Gasteiger partial charge in [0, 0.05) is 50.8 Å². The summed E-state index contributed by atoms with van der Waals surface area (Å²) in [6.45, 7) is 5.89. The number of hydrogen-bond donors (Lipinski definition) is 0. The lowest BCUT2D eigenvalue weighted by atomic mass is 9.73. The number of hydrogen-bond acceptors (Lipinski definition) is 5. The second-order valence-electron chi connectivity index (χ2n) is 7.64. The average Bonchev–Trinajstić information content (AvgIpc) is 2.52. The zero-order valence-electron chi connectivity index (χ0n) is 14.7. The molecule has 0 saturated carbocycles. The average molecular weight is 387 g/mol. The molecule has 144 valence electrons. The lowest BCUT2D eigenvalue weighted by Gasteiger charge is -2.61. The van der Waals surface area contributed by atoms with Crippen LogP contribution in [-0.4, -0.2) is 68.0 Å². The highest BCUT2D eigenvalue weighted by atomic mass is 32.2. The van der Waals surface area contributed by atoms with Crippen molar-refractivity contribution in [2.75, 3.05) is 39.4 Å². The second-order valence-corrected chi connectivity index (χ2v) is 9.55. The maximum Gasteiger partial charge on any atom is 0.280 e. The molecule has 0 atom stereocenters. The van der Waals surface area contributed by atoms with E-state index in [2.05, 4.69) is 9.88 Å². The zero-order chi connectivity index (χ0) is 18.5. The van der Waals surface area contributed by atoms with Crippen LogP contribution in [0.15, 0.2) is 17.0 Å². The van der Waals surface area contributed by atoms with Gasteiger partial charge in [-0.1, -0.05) is 0 Å². The molecular formula is C17H23F2N3O3S. The van der Waals surface area contributed by atoms with Crippen molar-refractivity contribution < 1.29 is 21.9 Å². The first-order valence-corrected chi connectivity index (χ1v) is 10.3. The van der Waals surface area contributed by atoms with Crippen LogP contribution in [0.4, 0.5) is 8.78 Å². The summed E-state index contributed by atoms with van der Waals surface area (Å²) in [6, 6.07) is 2.89. The number of alkyl halides is 2. The minimum Gasteiger partial charge on any atom is -0.381 e. The molecular weight excluding hydrogens is 364 g/mol. The fourth-order valence-corrected chi connectivity index (χ4v) is 6.12. The van der Waals surface area contributed by atoms with Crippen LogP contribution >= 0.6 is 0 Å². The lowest BCUT2D eigenvalue weighted by molar-refractivity contribution is -0.116. The van der Waals surface area contributed by atoms with E-state index < -0.39 is 22.1 Å². The van der Waals surface area contributed by atoms with Gasteiger partial charge in [-0.2, -0.15) is 4.31 Å². The molecule has 1 aromatic heterocycles. The predicted octanol–water partition coefficient (Wildman–Crippen LogP) is 1.81. The Morgan fingerprint density at radius 1 is 1.19 bits per heavy atom. The van der Waals surface area contributed by atoms with Crippen molar-refractivity contribution in [3.05, 3.63) is 23.5 Å².